The SMILES string of the molecule is [CH-]1CC2CCC1C2.[CH3-].[Y]. The Hall–Kier alpha value is 1.10. The minimum Gasteiger partial charge on any atom is -0.358 e. The van der Waals surface area contributed by atoms with Gasteiger partial charge >= 0.3 is 0 Å². The summed E-state index contributed by atoms with van der Waals surface area (Å²) in [5, 5.41) is 0. The molecule has 2 atom stereocenters. The van der Waals surface area contributed by atoms with Crippen LogP contribution in [0.1, 0.15) is 25.7 Å². The van der Waals surface area contributed by atoms with E-state index in [4.69, 9.17) is 0 Å². The van der Waals surface area contributed by atoms with Gasteiger partial charge in [0.1, 0.15) is 0 Å². The van der Waals surface area contributed by atoms with E-state index in [0.29, 0.717) is 0 Å². The number of fused-ring (bicyclic) bond motifs is 2. The van der Waals surface area contributed by atoms with Crippen molar-refractivity contribution < 1.29 is 32.7 Å². The van der Waals surface area contributed by atoms with E-state index in [2.05, 4.69) is 6.42 Å². The summed E-state index contributed by atoms with van der Waals surface area (Å²) in [7, 11) is 0. The average Bonchev–Trinajstić information content (AvgIpc) is 2.22. The van der Waals surface area contributed by atoms with Crippen molar-refractivity contribution in [1.29, 1.82) is 0 Å². The zero-order valence-electron chi connectivity index (χ0n) is 6.14. The van der Waals surface area contributed by atoms with Gasteiger partial charge in [-0.15, -0.1) is 0 Å². The minimum absolute atomic E-state index is 0. The molecule has 0 saturated heterocycles. The molecule has 2 saturated carbocycles. The maximum atomic E-state index is 2.51. The number of rotatable bonds is 0. The standard InChI is InChI=1S/C7H11.CH3.Y/c1-2-7-4-3-6(1)5-7;;/h1,6-7H,2-5H2;1H3;/q2*-1;. The third-order valence-electron chi connectivity index (χ3n) is 2.38. The van der Waals surface area contributed by atoms with Crippen molar-refractivity contribution in [3.8, 4) is 0 Å². The quantitative estimate of drug-likeness (QED) is 0.525. The molecule has 0 aromatic heterocycles. The Bertz CT molecular complexity index is 62.6. The molecule has 0 spiro atoms. The summed E-state index contributed by atoms with van der Waals surface area (Å²) >= 11 is 0. The summed E-state index contributed by atoms with van der Waals surface area (Å²) in [5.41, 5.74) is 0. The van der Waals surface area contributed by atoms with E-state index in [9.17, 15) is 0 Å². The van der Waals surface area contributed by atoms with Crippen LogP contribution in [0.25, 0.3) is 0 Å². The van der Waals surface area contributed by atoms with E-state index in [1.807, 2.05) is 0 Å². The van der Waals surface area contributed by atoms with Crippen LogP contribution in [0.2, 0.25) is 0 Å². The van der Waals surface area contributed by atoms with Crippen LogP contribution < -0.4 is 0 Å². The number of hydrogen-bond donors (Lipinski definition) is 0. The molecule has 2 bridgehead atoms. The maximum Gasteiger partial charge on any atom is 0 e. The monoisotopic (exact) mass is 199 g/mol. The van der Waals surface area contributed by atoms with Gasteiger partial charge in [-0.05, 0) is 0 Å². The summed E-state index contributed by atoms with van der Waals surface area (Å²) in [6.07, 6.45) is 8.50. The normalized spacial score (nSPS) is 37.3. The molecule has 2 aliphatic rings. The summed E-state index contributed by atoms with van der Waals surface area (Å²) < 4.78 is 0. The second-order valence-corrected chi connectivity index (χ2v) is 2.91. The van der Waals surface area contributed by atoms with Gasteiger partial charge in [-0.2, -0.15) is 12.3 Å². The van der Waals surface area contributed by atoms with Crippen molar-refractivity contribution in [2.45, 2.75) is 25.7 Å². The first-order valence-corrected chi connectivity index (χ1v) is 3.28. The first kappa shape index (κ1) is 10.1. The molecule has 2 aliphatic carbocycles. The second-order valence-electron chi connectivity index (χ2n) is 2.91. The van der Waals surface area contributed by atoms with Crippen LogP contribution in [0.4, 0.5) is 0 Å². The van der Waals surface area contributed by atoms with Gasteiger partial charge in [0.2, 0.25) is 0 Å². The van der Waals surface area contributed by atoms with Gasteiger partial charge in [-0.25, -0.2) is 0 Å². The van der Waals surface area contributed by atoms with Gasteiger partial charge in [-0.3, -0.25) is 0 Å². The first-order chi connectivity index (χ1) is 3.45. The molecule has 0 aromatic carbocycles. The van der Waals surface area contributed by atoms with Crippen molar-refractivity contribution in [3.05, 3.63) is 13.8 Å². The second kappa shape index (κ2) is 4.08. The molecule has 0 aromatic rings. The smallest absolute Gasteiger partial charge is 0 e. The molecule has 2 unspecified atom stereocenters. The van der Waals surface area contributed by atoms with Crippen LogP contribution >= 0.6 is 0 Å². The Morgan fingerprint density at radius 2 is 2.00 bits per heavy atom. The van der Waals surface area contributed by atoms with Gasteiger partial charge in [0, 0.05) is 32.7 Å². The maximum absolute atomic E-state index is 2.51. The van der Waals surface area contributed by atoms with Gasteiger partial charge in [0.15, 0.2) is 0 Å². The van der Waals surface area contributed by atoms with Gasteiger partial charge < -0.3 is 13.8 Å². The van der Waals surface area contributed by atoms with Crippen LogP contribution in [-0.2, 0) is 32.7 Å². The fourth-order valence-electron chi connectivity index (χ4n) is 1.93. The van der Waals surface area contributed by atoms with E-state index < -0.39 is 0 Å². The molecule has 9 heavy (non-hydrogen) atoms. The fourth-order valence-corrected chi connectivity index (χ4v) is 1.93. The molecule has 0 amide bonds. The van der Waals surface area contributed by atoms with E-state index in [0.717, 1.165) is 11.8 Å². The average molecular weight is 199 g/mol. The third kappa shape index (κ3) is 2.01. The minimum atomic E-state index is 0. The molecule has 1 radical (unpaired) electrons. The molecule has 51 valence electrons. The summed E-state index contributed by atoms with van der Waals surface area (Å²) in [6, 6.07) is 0. The largest absolute Gasteiger partial charge is 0.358 e. The summed E-state index contributed by atoms with van der Waals surface area (Å²) in [5.74, 6) is 2.16. The Morgan fingerprint density at radius 1 is 1.22 bits per heavy atom. The molecule has 0 aliphatic heterocycles. The van der Waals surface area contributed by atoms with E-state index in [1.54, 1.807) is 0 Å². The van der Waals surface area contributed by atoms with Gasteiger partial charge in [0.25, 0.3) is 0 Å². The van der Waals surface area contributed by atoms with Crippen LogP contribution in [0.3, 0.4) is 0 Å². The van der Waals surface area contributed by atoms with Crippen LogP contribution in [0, 0.1) is 25.7 Å². The fraction of sp³-hybridized carbons (Fsp3) is 0.750. The predicted molar refractivity (Wildman–Crippen MR) is 36.2 cm³/mol. The Morgan fingerprint density at radius 3 is 2.11 bits per heavy atom. The zero-order valence-corrected chi connectivity index (χ0v) is 8.98. The van der Waals surface area contributed by atoms with Crippen molar-refractivity contribution in [1.82, 2.24) is 0 Å². The zero-order chi connectivity index (χ0) is 4.69. The third-order valence-corrected chi connectivity index (χ3v) is 2.38. The van der Waals surface area contributed by atoms with E-state index in [1.165, 1.54) is 25.7 Å². The summed E-state index contributed by atoms with van der Waals surface area (Å²) in [4.78, 5) is 0. The van der Waals surface area contributed by atoms with Crippen molar-refractivity contribution >= 4 is 0 Å². The molecule has 0 heterocycles. The van der Waals surface area contributed by atoms with Crippen LogP contribution in [-0.4, -0.2) is 0 Å². The van der Waals surface area contributed by atoms with Crippen LogP contribution in [0.5, 0.6) is 0 Å². The molecule has 1 heteroatoms. The summed E-state index contributed by atoms with van der Waals surface area (Å²) in [6.45, 7) is 0. The van der Waals surface area contributed by atoms with E-state index >= 15 is 0 Å². The van der Waals surface area contributed by atoms with Crippen molar-refractivity contribution in [2.24, 2.45) is 11.8 Å². The molecule has 0 N–H and O–H groups in total. The Balaban J connectivity index is 0.000000320. The topological polar surface area (TPSA) is 0 Å². The van der Waals surface area contributed by atoms with Crippen molar-refractivity contribution in [3.63, 3.8) is 0 Å². The predicted octanol–water partition coefficient (Wildman–Crippen LogP) is 2.46. The van der Waals surface area contributed by atoms with Gasteiger partial charge in [-0.1, -0.05) is 25.2 Å². The molecule has 0 nitrogen and oxygen atoms in total. The molecule has 2 rings (SSSR count). The van der Waals surface area contributed by atoms with Crippen LogP contribution in [0.15, 0.2) is 0 Å². The number of hydrogen-bond acceptors (Lipinski definition) is 0. The molecule has 2 fully saturated rings. The van der Waals surface area contributed by atoms with E-state index in [-0.39, 0.29) is 40.1 Å². The Labute approximate surface area is 83.7 Å². The van der Waals surface area contributed by atoms with Gasteiger partial charge in [0.05, 0.1) is 0 Å². The molecular weight excluding hydrogens is 185 g/mol. The molecular formula is C8H14Y-2. The first-order valence-electron chi connectivity index (χ1n) is 3.28. The van der Waals surface area contributed by atoms with Crippen molar-refractivity contribution in [2.75, 3.05) is 0 Å². The Kier molecular flexibility index (Phi) is 4.58.